The molecule has 0 radical (unpaired) electrons. The van der Waals surface area contributed by atoms with E-state index in [2.05, 4.69) is 19.2 Å². The third-order valence-corrected chi connectivity index (χ3v) is 1.28. The van der Waals surface area contributed by atoms with Gasteiger partial charge in [-0.05, 0) is 0 Å². The first kappa shape index (κ1) is 13.1. The lowest BCUT2D eigenvalue weighted by Gasteiger charge is -2.26. The molecule has 0 fully saturated rings. The van der Waals surface area contributed by atoms with Crippen molar-refractivity contribution >= 4 is 6.03 Å². The summed E-state index contributed by atoms with van der Waals surface area (Å²) < 4.78 is 4.46. The van der Waals surface area contributed by atoms with E-state index in [0.29, 0.717) is 10.3 Å². The number of carbonyl (C=O) groups excluding carboxylic acids is 1. The number of hydrogen-bond donors (Lipinski definition) is 1. The molecule has 0 bridgehead atoms. The van der Waals surface area contributed by atoms with Crippen molar-refractivity contribution in [1.82, 2.24) is 10.3 Å². The van der Waals surface area contributed by atoms with Crippen molar-refractivity contribution < 1.29 is 29.2 Å². The standard InChI is InChI=1S/C6H14N2O6/c1-11-6(10)7(12-2)5(9)8(13-3)14-4/h6,10H,1-4H3. The second-order valence-corrected chi connectivity index (χ2v) is 1.98. The maximum Gasteiger partial charge on any atom is 0.397 e. The number of rotatable bonds is 5. The van der Waals surface area contributed by atoms with Crippen LogP contribution in [0.3, 0.4) is 0 Å². The van der Waals surface area contributed by atoms with E-state index in [1.807, 2.05) is 0 Å². The van der Waals surface area contributed by atoms with E-state index < -0.39 is 12.4 Å². The maximum atomic E-state index is 11.4. The van der Waals surface area contributed by atoms with Gasteiger partial charge in [-0.1, -0.05) is 5.23 Å². The highest BCUT2D eigenvalue weighted by atomic mass is 17.0. The normalized spacial score (nSPS) is 12.4. The van der Waals surface area contributed by atoms with E-state index >= 15 is 0 Å². The number of amides is 2. The maximum absolute atomic E-state index is 11.4. The summed E-state index contributed by atoms with van der Waals surface area (Å²) in [5, 5.41) is 10.2. The van der Waals surface area contributed by atoms with Crippen LogP contribution in [0.2, 0.25) is 0 Å². The van der Waals surface area contributed by atoms with Crippen LogP contribution < -0.4 is 0 Å². The molecule has 1 atom stereocenters. The lowest BCUT2D eigenvalue weighted by Crippen LogP contribution is -2.47. The van der Waals surface area contributed by atoms with Gasteiger partial charge in [-0.3, -0.25) is 4.84 Å². The highest BCUT2D eigenvalue weighted by Gasteiger charge is 2.27. The van der Waals surface area contributed by atoms with Gasteiger partial charge >= 0.3 is 6.03 Å². The lowest BCUT2D eigenvalue weighted by molar-refractivity contribution is -0.341. The number of ether oxygens (including phenoxy) is 1. The summed E-state index contributed by atoms with van der Waals surface area (Å²) in [7, 11) is 4.82. The topological polar surface area (TPSA) is 80.7 Å². The first-order valence-electron chi connectivity index (χ1n) is 3.58. The van der Waals surface area contributed by atoms with Gasteiger partial charge in [0, 0.05) is 7.11 Å². The number of urea groups is 1. The van der Waals surface area contributed by atoms with E-state index in [1.165, 1.54) is 28.4 Å². The Kier molecular flexibility index (Phi) is 6.08. The van der Waals surface area contributed by atoms with E-state index in [9.17, 15) is 4.79 Å². The molecule has 0 spiro atoms. The number of aliphatic hydroxyl groups is 1. The number of hydrogen-bond acceptors (Lipinski definition) is 6. The average molecular weight is 210 g/mol. The molecule has 0 aromatic carbocycles. The molecule has 2 amide bonds. The van der Waals surface area contributed by atoms with Gasteiger partial charge in [-0.2, -0.15) is 0 Å². The molecule has 8 heteroatoms. The molecule has 0 aliphatic heterocycles. The Morgan fingerprint density at radius 2 is 1.64 bits per heavy atom. The molecule has 1 N–H and O–H groups in total. The molecular weight excluding hydrogens is 196 g/mol. The van der Waals surface area contributed by atoms with Gasteiger partial charge in [0.2, 0.25) is 0 Å². The summed E-state index contributed by atoms with van der Waals surface area (Å²) in [6.07, 6.45) is -1.54. The van der Waals surface area contributed by atoms with Gasteiger partial charge in [0.05, 0.1) is 21.3 Å². The van der Waals surface area contributed by atoms with Crippen LogP contribution in [0.5, 0.6) is 0 Å². The molecule has 84 valence electrons. The Hall–Kier alpha value is -0.930. The zero-order valence-electron chi connectivity index (χ0n) is 8.46. The fraction of sp³-hybridized carbons (Fsp3) is 0.833. The largest absolute Gasteiger partial charge is 0.397 e. The summed E-state index contributed by atoms with van der Waals surface area (Å²) >= 11 is 0. The summed E-state index contributed by atoms with van der Waals surface area (Å²) in [5.41, 5.74) is 0. The molecule has 8 nitrogen and oxygen atoms in total. The Bertz CT molecular complexity index is 174. The zero-order valence-corrected chi connectivity index (χ0v) is 8.46. The summed E-state index contributed by atoms with van der Waals surface area (Å²) in [6.45, 7) is 0. The number of aliphatic hydroxyl groups excluding tert-OH is 1. The average Bonchev–Trinajstić information content (AvgIpc) is 2.20. The highest BCUT2D eigenvalue weighted by Crippen LogP contribution is 2.04. The molecule has 0 rings (SSSR count). The molecule has 0 aromatic rings. The van der Waals surface area contributed by atoms with E-state index in [0.717, 1.165) is 0 Å². The minimum atomic E-state index is -1.54. The van der Waals surface area contributed by atoms with E-state index in [-0.39, 0.29) is 0 Å². The van der Waals surface area contributed by atoms with Crippen molar-refractivity contribution in [2.75, 3.05) is 28.4 Å². The van der Waals surface area contributed by atoms with Crippen LogP contribution in [0.4, 0.5) is 4.79 Å². The smallest absolute Gasteiger partial charge is 0.349 e. The van der Waals surface area contributed by atoms with Gasteiger partial charge in [-0.15, -0.1) is 5.06 Å². The molecule has 1 unspecified atom stereocenters. The molecule has 0 heterocycles. The fourth-order valence-electron chi connectivity index (χ4n) is 0.670. The van der Waals surface area contributed by atoms with Crippen molar-refractivity contribution in [3.05, 3.63) is 0 Å². The predicted molar refractivity (Wildman–Crippen MR) is 43.1 cm³/mol. The third kappa shape index (κ3) is 3.09. The highest BCUT2D eigenvalue weighted by molar-refractivity contribution is 5.71. The van der Waals surface area contributed by atoms with Crippen molar-refractivity contribution in [3.63, 3.8) is 0 Å². The Morgan fingerprint density at radius 1 is 1.14 bits per heavy atom. The summed E-state index contributed by atoms with van der Waals surface area (Å²) in [5.74, 6) is 0. The molecule has 0 saturated carbocycles. The summed E-state index contributed by atoms with van der Waals surface area (Å²) in [6, 6.07) is -0.869. The predicted octanol–water partition coefficient (Wildman–Crippen LogP) is -0.683. The van der Waals surface area contributed by atoms with Crippen LogP contribution in [-0.4, -0.2) is 56.3 Å². The van der Waals surface area contributed by atoms with Crippen LogP contribution in [0.1, 0.15) is 0 Å². The first-order valence-corrected chi connectivity index (χ1v) is 3.58. The van der Waals surface area contributed by atoms with Crippen LogP contribution >= 0.6 is 0 Å². The van der Waals surface area contributed by atoms with Gasteiger partial charge in [0.1, 0.15) is 0 Å². The monoisotopic (exact) mass is 210 g/mol. The van der Waals surface area contributed by atoms with Crippen LogP contribution in [0.25, 0.3) is 0 Å². The molecular formula is C6H14N2O6. The zero-order chi connectivity index (χ0) is 11.1. The Labute approximate surface area is 81.4 Å². The second-order valence-electron chi connectivity index (χ2n) is 1.98. The molecule has 14 heavy (non-hydrogen) atoms. The number of hydroxylamine groups is 4. The minimum Gasteiger partial charge on any atom is -0.349 e. The molecule has 0 aliphatic carbocycles. The third-order valence-electron chi connectivity index (χ3n) is 1.28. The first-order chi connectivity index (χ1) is 6.62. The van der Waals surface area contributed by atoms with Crippen molar-refractivity contribution in [1.29, 1.82) is 0 Å². The number of methoxy groups -OCH3 is 1. The van der Waals surface area contributed by atoms with E-state index in [4.69, 9.17) is 5.11 Å². The minimum absolute atomic E-state index is 0.506. The number of nitrogens with zero attached hydrogens (tertiary/aromatic N) is 2. The lowest BCUT2D eigenvalue weighted by atomic mass is 10.9. The van der Waals surface area contributed by atoms with Crippen LogP contribution in [-0.2, 0) is 19.2 Å². The van der Waals surface area contributed by atoms with Crippen molar-refractivity contribution in [2.24, 2.45) is 0 Å². The molecule has 0 aliphatic rings. The molecule has 0 aromatic heterocycles. The van der Waals surface area contributed by atoms with Crippen molar-refractivity contribution in [2.45, 2.75) is 6.41 Å². The SMILES string of the molecule is COC(O)N(OC)C(=O)N(OC)OC. The Balaban J connectivity index is 4.43. The molecule has 0 saturated heterocycles. The quantitative estimate of drug-likeness (QED) is 0.478. The Morgan fingerprint density at radius 3 is 1.93 bits per heavy atom. The van der Waals surface area contributed by atoms with Gasteiger partial charge in [0.25, 0.3) is 6.41 Å². The van der Waals surface area contributed by atoms with Gasteiger partial charge in [-0.25, -0.2) is 14.5 Å². The van der Waals surface area contributed by atoms with Gasteiger partial charge in [0.15, 0.2) is 0 Å². The van der Waals surface area contributed by atoms with Crippen molar-refractivity contribution in [3.8, 4) is 0 Å². The fourth-order valence-corrected chi connectivity index (χ4v) is 0.670. The number of carbonyl (C=O) groups is 1. The summed E-state index contributed by atoms with van der Waals surface area (Å²) in [4.78, 5) is 25.0. The van der Waals surface area contributed by atoms with Gasteiger partial charge < -0.3 is 9.84 Å². The van der Waals surface area contributed by atoms with Crippen LogP contribution in [0.15, 0.2) is 0 Å². The van der Waals surface area contributed by atoms with Crippen LogP contribution in [0, 0.1) is 0 Å². The van der Waals surface area contributed by atoms with E-state index in [1.54, 1.807) is 0 Å². The second kappa shape index (κ2) is 6.51.